The van der Waals surface area contributed by atoms with Crippen LogP contribution >= 0.6 is 24.0 Å². The Labute approximate surface area is 211 Å². The second-order valence-electron chi connectivity index (χ2n) is 7.38. The molecule has 2 aromatic rings. The molecule has 8 nitrogen and oxygen atoms in total. The minimum Gasteiger partial charge on any atom is -0.493 e. The summed E-state index contributed by atoms with van der Waals surface area (Å²) in [4.78, 5) is 30.3. The molecule has 2 amide bonds. The number of halogens is 1. The van der Waals surface area contributed by atoms with Crippen molar-refractivity contribution in [1.82, 2.24) is 15.5 Å². The average Bonchev–Trinajstić information content (AvgIpc) is 3.07. The smallest absolute Gasteiger partial charge is 0.261 e. The first kappa shape index (κ1) is 26.4. The number of methoxy groups -OCH3 is 2. The first-order valence-corrected chi connectivity index (χ1v) is 10.7. The van der Waals surface area contributed by atoms with Crippen LogP contribution in [0, 0.1) is 0 Å². The van der Waals surface area contributed by atoms with Crippen molar-refractivity contribution in [2.75, 3.05) is 40.9 Å². The van der Waals surface area contributed by atoms with E-state index in [0.29, 0.717) is 48.2 Å². The quantitative estimate of drug-likeness (QED) is 0.151. The van der Waals surface area contributed by atoms with E-state index in [2.05, 4.69) is 15.6 Å². The molecule has 0 saturated heterocycles. The number of benzene rings is 2. The summed E-state index contributed by atoms with van der Waals surface area (Å²) >= 11 is 0. The lowest BCUT2D eigenvalue weighted by atomic mass is 10.1. The molecule has 178 valence electrons. The lowest BCUT2D eigenvalue weighted by Crippen LogP contribution is -2.39. The highest BCUT2D eigenvalue weighted by Gasteiger charge is 2.34. The van der Waals surface area contributed by atoms with Gasteiger partial charge in [0.05, 0.1) is 25.3 Å². The zero-order chi connectivity index (χ0) is 22.9. The fourth-order valence-electron chi connectivity index (χ4n) is 3.63. The van der Waals surface area contributed by atoms with Crippen LogP contribution in [0.1, 0.15) is 39.1 Å². The number of fused-ring (bicyclic) bond motifs is 1. The van der Waals surface area contributed by atoms with E-state index < -0.39 is 0 Å². The van der Waals surface area contributed by atoms with Gasteiger partial charge in [-0.25, -0.2) is 0 Å². The fourth-order valence-corrected chi connectivity index (χ4v) is 3.63. The SMILES string of the molecule is CN=C(NCCCCN1C(=O)c2ccccc2C1=O)NCCc1ccc(OC)c(OC)c1.I. The minimum absolute atomic E-state index is 0. The second kappa shape index (κ2) is 13.0. The standard InChI is InChI=1S/C24H30N4O4.HI/c1-25-24(27-14-12-17-10-11-20(31-2)21(16-17)32-3)26-13-6-7-15-28-22(29)18-8-4-5-9-19(18)23(28)30;/h4-5,8-11,16H,6-7,12-15H2,1-3H3,(H2,25,26,27);1H. The van der Waals surface area contributed by atoms with Crippen LogP contribution in [-0.4, -0.2) is 63.6 Å². The highest BCUT2D eigenvalue weighted by Crippen LogP contribution is 2.27. The molecular weight excluding hydrogens is 535 g/mol. The molecule has 0 radical (unpaired) electrons. The molecule has 2 aromatic carbocycles. The summed E-state index contributed by atoms with van der Waals surface area (Å²) in [6.07, 6.45) is 2.34. The number of unbranched alkanes of at least 4 members (excludes halogenated alkanes) is 1. The molecule has 0 saturated carbocycles. The van der Waals surface area contributed by atoms with Gasteiger partial charge < -0.3 is 20.1 Å². The van der Waals surface area contributed by atoms with E-state index in [4.69, 9.17) is 9.47 Å². The third-order valence-electron chi connectivity index (χ3n) is 5.36. The number of ether oxygens (including phenoxy) is 2. The van der Waals surface area contributed by atoms with Gasteiger partial charge in [-0.05, 0) is 49.1 Å². The number of aliphatic imine (C=N–C) groups is 1. The van der Waals surface area contributed by atoms with E-state index in [1.807, 2.05) is 18.2 Å². The monoisotopic (exact) mass is 566 g/mol. The number of rotatable bonds is 10. The van der Waals surface area contributed by atoms with Crippen molar-refractivity contribution in [3.05, 3.63) is 59.2 Å². The van der Waals surface area contributed by atoms with Crippen LogP contribution in [0.2, 0.25) is 0 Å². The number of carbonyl (C=O) groups is 2. The van der Waals surface area contributed by atoms with Gasteiger partial charge in [0.25, 0.3) is 11.8 Å². The third-order valence-corrected chi connectivity index (χ3v) is 5.36. The Hall–Kier alpha value is -2.82. The van der Waals surface area contributed by atoms with Crippen LogP contribution in [0.3, 0.4) is 0 Å². The lowest BCUT2D eigenvalue weighted by molar-refractivity contribution is 0.0652. The molecule has 0 aliphatic carbocycles. The van der Waals surface area contributed by atoms with Crippen molar-refractivity contribution in [1.29, 1.82) is 0 Å². The number of guanidine groups is 1. The van der Waals surface area contributed by atoms with Crippen LogP contribution < -0.4 is 20.1 Å². The normalized spacial score (nSPS) is 12.8. The summed E-state index contributed by atoms with van der Waals surface area (Å²) in [6.45, 7) is 1.82. The van der Waals surface area contributed by atoms with Crippen molar-refractivity contribution in [3.8, 4) is 11.5 Å². The predicted molar refractivity (Wildman–Crippen MR) is 139 cm³/mol. The van der Waals surface area contributed by atoms with Gasteiger partial charge in [-0.1, -0.05) is 18.2 Å². The Morgan fingerprint density at radius 2 is 1.55 bits per heavy atom. The number of amides is 2. The van der Waals surface area contributed by atoms with E-state index in [1.54, 1.807) is 45.5 Å². The zero-order valence-corrected chi connectivity index (χ0v) is 21.6. The first-order chi connectivity index (χ1) is 15.6. The highest BCUT2D eigenvalue weighted by atomic mass is 127. The maximum absolute atomic E-state index is 12.4. The number of imide groups is 1. The summed E-state index contributed by atoms with van der Waals surface area (Å²) < 4.78 is 10.6. The molecule has 3 rings (SSSR count). The molecule has 0 fully saturated rings. The van der Waals surface area contributed by atoms with Crippen LogP contribution in [0.25, 0.3) is 0 Å². The number of nitrogens with one attached hydrogen (secondary N) is 2. The van der Waals surface area contributed by atoms with Gasteiger partial charge in [0.15, 0.2) is 17.5 Å². The van der Waals surface area contributed by atoms with Crippen molar-refractivity contribution < 1.29 is 19.1 Å². The Balaban J connectivity index is 0.00000385. The van der Waals surface area contributed by atoms with Crippen molar-refractivity contribution in [2.45, 2.75) is 19.3 Å². The third kappa shape index (κ3) is 6.59. The Morgan fingerprint density at radius 1 is 0.909 bits per heavy atom. The molecule has 1 heterocycles. The molecule has 0 bridgehead atoms. The molecule has 0 aromatic heterocycles. The predicted octanol–water partition coefficient (Wildman–Crippen LogP) is 3.11. The van der Waals surface area contributed by atoms with Gasteiger partial charge in [-0.2, -0.15) is 0 Å². The number of hydrogen-bond acceptors (Lipinski definition) is 5. The van der Waals surface area contributed by atoms with Crippen LogP contribution in [0.5, 0.6) is 11.5 Å². The van der Waals surface area contributed by atoms with Crippen molar-refractivity contribution in [3.63, 3.8) is 0 Å². The molecule has 0 atom stereocenters. The van der Waals surface area contributed by atoms with E-state index in [-0.39, 0.29) is 35.8 Å². The Kier molecular flexibility index (Phi) is 10.4. The van der Waals surface area contributed by atoms with Gasteiger partial charge in [0, 0.05) is 26.7 Å². The number of carbonyl (C=O) groups excluding carboxylic acids is 2. The Bertz CT molecular complexity index is 961. The van der Waals surface area contributed by atoms with Gasteiger partial charge in [-0.3, -0.25) is 19.5 Å². The zero-order valence-electron chi connectivity index (χ0n) is 19.2. The summed E-state index contributed by atoms with van der Waals surface area (Å²) in [6, 6.07) is 12.8. The molecule has 2 N–H and O–H groups in total. The van der Waals surface area contributed by atoms with Crippen molar-refractivity contribution >= 4 is 41.8 Å². The molecule has 9 heteroatoms. The van der Waals surface area contributed by atoms with E-state index in [1.165, 1.54) is 4.90 Å². The fraction of sp³-hybridized carbons (Fsp3) is 0.375. The van der Waals surface area contributed by atoms with E-state index in [0.717, 1.165) is 24.8 Å². The van der Waals surface area contributed by atoms with Gasteiger partial charge in [0.1, 0.15) is 0 Å². The maximum atomic E-state index is 12.4. The maximum Gasteiger partial charge on any atom is 0.261 e. The largest absolute Gasteiger partial charge is 0.493 e. The van der Waals surface area contributed by atoms with Crippen LogP contribution in [0.15, 0.2) is 47.5 Å². The van der Waals surface area contributed by atoms with Crippen molar-refractivity contribution in [2.24, 2.45) is 4.99 Å². The summed E-state index contributed by atoms with van der Waals surface area (Å²) in [5.74, 6) is 1.73. The van der Waals surface area contributed by atoms with E-state index >= 15 is 0 Å². The average molecular weight is 566 g/mol. The van der Waals surface area contributed by atoms with Crippen LogP contribution in [-0.2, 0) is 6.42 Å². The molecule has 33 heavy (non-hydrogen) atoms. The lowest BCUT2D eigenvalue weighted by Gasteiger charge is -2.15. The molecule has 0 spiro atoms. The summed E-state index contributed by atoms with van der Waals surface area (Å²) in [5, 5.41) is 6.56. The summed E-state index contributed by atoms with van der Waals surface area (Å²) in [5.41, 5.74) is 2.12. The number of hydrogen-bond donors (Lipinski definition) is 2. The van der Waals surface area contributed by atoms with E-state index in [9.17, 15) is 9.59 Å². The van der Waals surface area contributed by atoms with Gasteiger partial charge >= 0.3 is 0 Å². The molecule has 1 aliphatic heterocycles. The Morgan fingerprint density at radius 3 is 2.15 bits per heavy atom. The first-order valence-electron chi connectivity index (χ1n) is 10.7. The molecule has 1 aliphatic rings. The van der Waals surface area contributed by atoms with Gasteiger partial charge in [-0.15, -0.1) is 24.0 Å². The highest BCUT2D eigenvalue weighted by molar-refractivity contribution is 14.0. The number of nitrogens with zero attached hydrogens (tertiary/aromatic N) is 2. The molecule has 0 unspecified atom stereocenters. The topological polar surface area (TPSA) is 92.3 Å². The summed E-state index contributed by atoms with van der Waals surface area (Å²) in [7, 11) is 4.97. The van der Waals surface area contributed by atoms with Crippen LogP contribution in [0.4, 0.5) is 0 Å². The second-order valence-corrected chi connectivity index (χ2v) is 7.38. The minimum atomic E-state index is -0.203. The van der Waals surface area contributed by atoms with Gasteiger partial charge in [0.2, 0.25) is 0 Å². The molecular formula is C24H31IN4O4.